The van der Waals surface area contributed by atoms with Crippen LogP contribution in [0, 0.1) is 0 Å². The number of benzene rings is 2. The van der Waals surface area contributed by atoms with Crippen LogP contribution in [0.25, 0.3) is 5.69 Å². The summed E-state index contributed by atoms with van der Waals surface area (Å²) in [6.45, 7) is 2.44. The summed E-state index contributed by atoms with van der Waals surface area (Å²) < 4.78 is 17.7. The van der Waals surface area contributed by atoms with Crippen molar-refractivity contribution in [2.24, 2.45) is 0 Å². The lowest BCUT2D eigenvalue weighted by molar-refractivity contribution is -0.123. The molecule has 1 aromatic heterocycles. The normalized spacial score (nSPS) is 13.4. The van der Waals surface area contributed by atoms with Gasteiger partial charge >= 0.3 is 5.97 Å². The van der Waals surface area contributed by atoms with Gasteiger partial charge in [0, 0.05) is 11.8 Å². The molecule has 10 nitrogen and oxygen atoms in total. The summed E-state index contributed by atoms with van der Waals surface area (Å²) in [5.41, 5.74) is 1.52. The number of fused-ring (bicyclic) bond motifs is 1. The van der Waals surface area contributed by atoms with E-state index in [-0.39, 0.29) is 0 Å². The number of aromatic nitrogens is 4. The molecular formula is C19H17N5O5. The number of hydrogen-bond acceptors (Lipinski definition) is 8. The topological polar surface area (TPSA) is 117 Å². The number of ether oxygens (including phenoxy) is 3. The molecule has 2 aromatic carbocycles. The zero-order valence-corrected chi connectivity index (χ0v) is 15.4. The number of hydrogen-bond donors (Lipinski definition) is 1. The smallest absolute Gasteiger partial charge is 0.338 e. The molecular weight excluding hydrogens is 378 g/mol. The van der Waals surface area contributed by atoms with E-state index in [9.17, 15) is 9.59 Å². The van der Waals surface area contributed by atoms with Crippen molar-refractivity contribution < 1.29 is 23.8 Å². The minimum atomic E-state index is -0.991. The lowest BCUT2D eigenvalue weighted by Crippen LogP contribution is -2.30. The maximum absolute atomic E-state index is 12.4. The van der Waals surface area contributed by atoms with Gasteiger partial charge in [-0.1, -0.05) is 0 Å². The third kappa shape index (κ3) is 4.15. The van der Waals surface area contributed by atoms with Crippen LogP contribution < -0.4 is 14.8 Å². The van der Waals surface area contributed by atoms with Crippen molar-refractivity contribution in [1.82, 2.24) is 20.2 Å². The fourth-order valence-corrected chi connectivity index (χ4v) is 2.68. The predicted octanol–water partition coefficient (Wildman–Crippen LogP) is 1.62. The minimum absolute atomic E-state index is 0.306. The second kappa shape index (κ2) is 7.97. The number of carbonyl (C=O) groups excluding carboxylic acids is 2. The number of esters is 1. The lowest BCUT2D eigenvalue weighted by Gasteiger charge is -2.19. The van der Waals surface area contributed by atoms with Crippen molar-refractivity contribution in [3.05, 3.63) is 54.4 Å². The number of carbonyl (C=O) groups is 2. The maximum atomic E-state index is 12.4. The molecule has 10 heteroatoms. The van der Waals surface area contributed by atoms with Gasteiger partial charge in [0.2, 0.25) is 0 Å². The van der Waals surface area contributed by atoms with Crippen LogP contribution in [-0.2, 0) is 9.53 Å². The molecule has 3 aromatic rings. The molecule has 1 aliphatic heterocycles. The Morgan fingerprint density at radius 2 is 1.86 bits per heavy atom. The van der Waals surface area contributed by atoms with Crippen molar-refractivity contribution in [1.29, 1.82) is 0 Å². The van der Waals surface area contributed by atoms with Gasteiger partial charge in [-0.3, -0.25) is 4.79 Å². The Bertz CT molecular complexity index is 1020. The summed E-state index contributed by atoms with van der Waals surface area (Å²) in [7, 11) is 0. The Labute approximate surface area is 165 Å². The number of nitrogens with zero attached hydrogens (tertiary/aromatic N) is 4. The van der Waals surface area contributed by atoms with E-state index in [1.807, 2.05) is 0 Å². The van der Waals surface area contributed by atoms with Gasteiger partial charge in [-0.05, 0) is 53.7 Å². The fraction of sp³-hybridized carbons (Fsp3) is 0.211. The van der Waals surface area contributed by atoms with Gasteiger partial charge in [0.1, 0.15) is 19.5 Å². The summed E-state index contributed by atoms with van der Waals surface area (Å²) in [5, 5.41) is 13.6. The van der Waals surface area contributed by atoms with E-state index in [0.29, 0.717) is 41.7 Å². The summed E-state index contributed by atoms with van der Waals surface area (Å²) in [5.74, 6) is 0.110. The van der Waals surface area contributed by atoms with Gasteiger partial charge in [-0.25, -0.2) is 9.48 Å². The molecule has 4 rings (SSSR count). The number of rotatable bonds is 5. The molecule has 0 saturated heterocycles. The van der Waals surface area contributed by atoms with E-state index in [4.69, 9.17) is 14.2 Å². The molecule has 1 amide bonds. The van der Waals surface area contributed by atoms with Gasteiger partial charge in [-0.15, -0.1) is 5.10 Å². The second-order valence-corrected chi connectivity index (χ2v) is 6.20. The van der Waals surface area contributed by atoms with E-state index in [0.717, 1.165) is 0 Å². The molecule has 2 heterocycles. The molecule has 148 valence electrons. The third-order valence-electron chi connectivity index (χ3n) is 4.18. The van der Waals surface area contributed by atoms with Gasteiger partial charge in [0.15, 0.2) is 17.6 Å². The highest BCUT2D eigenvalue weighted by Gasteiger charge is 2.20. The van der Waals surface area contributed by atoms with Crippen molar-refractivity contribution in [3.8, 4) is 17.2 Å². The minimum Gasteiger partial charge on any atom is -0.486 e. The summed E-state index contributed by atoms with van der Waals surface area (Å²) in [6.07, 6.45) is 0.451. The zero-order chi connectivity index (χ0) is 20.2. The Kier molecular flexibility index (Phi) is 5.06. The van der Waals surface area contributed by atoms with E-state index < -0.39 is 18.0 Å². The van der Waals surface area contributed by atoms with Crippen LogP contribution in [0.3, 0.4) is 0 Å². The molecule has 29 heavy (non-hydrogen) atoms. The number of amides is 1. The SMILES string of the molecule is CC(OC(=O)c1ccc(-n2cnnn2)cc1)C(=O)Nc1ccc2c(c1)OCCO2. The second-order valence-electron chi connectivity index (χ2n) is 6.20. The van der Waals surface area contributed by atoms with Crippen LogP contribution in [0.15, 0.2) is 48.8 Å². The number of nitrogens with one attached hydrogen (secondary N) is 1. The first kappa shape index (κ1) is 18.4. The van der Waals surface area contributed by atoms with Gasteiger partial charge in [0.25, 0.3) is 5.91 Å². The van der Waals surface area contributed by atoms with E-state index >= 15 is 0 Å². The number of anilines is 1. The number of tetrazole rings is 1. The summed E-state index contributed by atoms with van der Waals surface area (Å²) >= 11 is 0. The van der Waals surface area contributed by atoms with Gasteiger partial charge in [-0.2, -0.15) is 0 Å². The van der Waals surface area contributed by atoms with Crippen molar-refractivity contribution in [3.63, 3.8) is 0 Å². The fourth-order valence-electron chi connectivity index (χ4n) is 2.68. The quantitative estimate of drug-likeness (QED) is 0.648. The standard InChI is InChI=1S/C19H17N5O5/c1-12(18(25)21-14-4-7-16-17(10-14)28-9-8-27-16)29-19(26)13-2-5-15(6-3-13)24-11-20-22-23-24/h2-7,10-12H,8-9H2,1H3,(H,21,25). The highest BCUT2D eigenvalue weighted by atomic mass is 16.6. The first-order valence-electron chi connectivity index (χ1n) is 8.85. The molecule has 1 unspecified atom stereocenters. The maximum Gasteiger partial charge on any atom is 0.338 e. The van der Waals surface area contributed by atoms with Gasteiger partial charge in [0.05, 0.1) is 11.3 Å². The first-order chi connectivity index (χ1) is 14.1. The molecule has 1 atom stereocenters. The predicted molar refractivity (Wildman–Crippen MR) is 100 cm³/mol. The molecule has 0 aliphatic carbocycles. The highest BCUT2D eigenvalue weighted by molar-refractivity contribution is 5.97. The third-order valence-corrected chi connectivity index (χ3v) is 4.18. The average molecular weight is 395 g/mol. The van der Waals surface area contributed by atoms with Crippen LogP contribution in [0.1, 0.15) is 17.3 Å². The van der Waals surface area contributed by atoms with Crippen molar-refractivity contribution in [2.45, 2.75) is 13.0 Å². The molecule has 1 N–H and O–H groups in total. The first-order valence-corrected chi connectivity index (χ1v) is 8.85. The van der Waals surface area contributed by atoms with Crippen molar-refractivity contribution >= 4 is 17.6 Å². The van der Waals surface area contributed by atoms with Crippen molar-refractivity contribution in [2.75, 3.05) is 18.5 Å². The average Bonchev–Trinajstić information content (AvgIpc) is 3.28. The van der Waals surface area contributed by atoms with E-state index in [1.165, 1.54) is 17.9 Å². The Morgan fingerprint density at radius 3 is 2.59 bits per heavy atom. The monoisotopic (exact) mass is 395 g/mol. The molecule has 0 radical (unpaired) electrons. The molecule has 0 saturated carbocycles. The lowest BCUT2D eigenvalue weighted by atomic mass is 10.2. The molecule has 0 bridgehead atoms. The Hall–Kier alpha value is -3.95. The van der Waals surface area contributed by atoms with Crippen LogP contribution in [-0.4, -0.2) is 51.4 Å². The zero-order valence-electron chi connectivity index (χ0n) is 15.4. The van der Waals surface area contributed by atoms with Gasteiger partial charge < -0.3 is 19.5 Å². The summed E-state index contributed by atoms with van der Waals surface area (Å²) in [6, 6.07) is 11.6. The van der Waals surface area contributed by atoms with Crippen LogP contribution in [0.5, 0.6) is 11.5 Å². The summed E-state index contributed by atoms with van der Waals surface area (Å²) in [4.78, 5) is 24.7. The molecule has 0 spiro atoms. The van der Waals surface area contributed by atoms with Crippen LogP contribution >= 0.6 is 0 Å². The highest BCUT2D eigenvalue weighted by Crippen LogP contribution is 2.32. The molecule has 1 aliphatic rings. The Morgan fingerprint density at radius 1 is 1.10 bits per heavy atom. The van der Waals surface area contributed by atoms with E-state index in [1.54, 1.807) is 42.5 Å². The Balaban J connectivity index is 1.36. The van der Waals surface area contributed by atoms with E-state index in [2.05, 4.69) is 20.8 Å². The largest absolute Gasteiger partial charge is 0.486 e. The molecule has 0 fully saturated rings. The van der Waals surface area contributed by atoms with Crippen LogP contribution in [0.2, 0.25) is 0 Å². The van der Waals surface area contributed by atoms with Crippen LogP contribution in [0.4, 0.5) is 5.69 Å².